The number of hydrogen-bond acceptors (Lipinski definition) is 3. The van der Waals surface area contributed by atoms with E-state index in [1.807, 2.05) is 6.92 Å². The standard InChI is InChI=1S/C14H30N2O2/c1-5-6-10-18-11-9-15-13(4)14(17)16-8-7-12(2)3/h12-13,15H,5-11H2,1-4H3,(H,16,17). The predicted octanol–water partition coefficient (Wildman–Crippen LogP) is 1.94. The van der Waals surface area contributed by atoms with Crippen molar-refractivity contribution in [2.24, 2.45) is 5.92 Å². The van der Waals surface area contributed by atoms with Crippen molar-refractivity contribution in [1.82, 2.24) is 10.6 Å². The topological polar surface area (TPSA) is 50.4 Å². The molecule has 0 aromatic carbocycles. The highest BCUT2D eigenvalue weighted by Crippen LogP contribution is 1.96. The normalized spacial score (nSPS) is 12.7. The van der Waals surface area contributed by atoms with Gasteiger partial charge in [-0.15, -0.1) is 0 Å². The zero-order valence-electron chi connectivity index (χ0n) is 12.4. The molecule has 0 spiro atoms. The molecule has 4 heteroatoms. The molecule has 1 unspecified atom stereocenters. The van der Waals surface area contributed by atoms with Crippen molar-refractivity contribution < 1.29 is 9.53 Å². The molecule has 4 nitrogen and oxygen atoms in total. The van der Waals surface area contributed by atoms with E-state index in [0.717, 1.165) is 39.0 Å². The second kappa shape index (κ2) is 11.5. The molecule has 0 aliphatic rings. The van der Waals surface area contributed by atoms with Crippen LogP contribution < -0.4 is 10.6 Å². The molecule has 1 atom stereocenters. The highest BCUT2D eigenvalue weighted by Gasteiger charge is 2.10. The number of amides is 1. The van der Waals surface area contributed by atoms with Crippen LogP contribution in [0.15, 0.2) is 0 Å². The maximum atomic E-state index is 11.7. The van der Waals surface area contributed by atoms with Crippen LogP contribution in [0.25, 0.3) is 0 Å². The molecule has 1 amide bonds. The fourth-order valence-electron chi connectivity index (χ4n) is 1.43. The van der Waals surface area contributed by atoms with Gasteiger partial charge in [0.1, 0.15) is 0 Å². The molecule has 0 heterocycles. The van der Waals surface area contributed by atoms with Crippen LogP contribution in [-0.4, -0.2) is 38.3 Å². The third kappa shape index (κ3) is 10.5. The Morgan fingerprint density at radius 2 is 1.89 bits per heavy atom. The zero-order chi connectivity index (χ0) is 13.8. The van der Waals surface area contributed by atoms with Gasteiger partial charge in [0.15, 0.2) is 0 Å². The molecule has 2 N–H and O–H groups in total. The van der Waals surface area contributed by atoms with Gasteiger partial charge in [0.2, 0.25) is 5.91 Å². The van der Waals surface area contributed by atoms with Crippen LogP contribution in [0.3, 0.4) is 0 Å². The van der Waals surface area contributed by atoms with Crippen LogP contribution >= 0.6 is 0 Å². The van der Waals surface area contributed by atoms with Crippen LogP contribution in [0.1, 0.15) is 47.0 Å². The minimum atomic E-state index is -0.146. The number of carbonyl (C=O) groups excluding carboxylic acids is 1. The second-order valence-electron chi connectivity index (χ2n) is 5.12. The van der Waals surface area contributed by atoms with Gasteiger partial charge in [-0.2, -0.15) is 0 Å². The monoisotopic (exact) mass is 258 g/mol. The van der Waals surface area contributed by atoms with E-state index >= 15 is 0 Å². The first kappa shape index (κ1) is 17.4. The first-order valence-corrected chi connectivity index (χ1v) is 7.16. The van der Waals surface area contributed by atoms with Crippen molar-refractivity contribution in [3.63, 3.8) is 0 Å². The number of unbranched alkanes of at least 4 members (excludes halogenated alkanes) is 1. The van der Waals surface area contributed by atoms with Crippen molar-refractivity contribution >= 4 is 5.91 Å². The Bertz CT molecular complexity index is 208. The Labute approximate surface area is 112 Å². The summed E-state index contributed by atoms with van der Waals surface area (Å²) in [5.41, 5.74) is 0. The lowest BCUT2D eigenvalue weighted by Crippen LogP contribution is -2.43. The van der Waals surface area contributed by atoms with Crippen molar-refractivity contribution in [2.75, 3.05) is 26.3 Å². The van der Waals surface area contributed by atoms with Crippen molar-refractivity contribution in [3.05, 3.63) is 0 Å². The average molecular weight is 258 g/mol. The van der Waals surface area contributed by atoms with E-state index in [0.29, 0.717) is 12.5 Å². The summed E-state index contributed by atoms with van der Waals surface area (Å²) in [5, 5.41) is 6.09. The van der Waals surface area contributed by atoms with Crippen LogP contribution in [0.2, 0.25) is 0 Å². The Kier molecular flexibility index (Phi) is 11.1. The first-order valence-electron chi connectivity index (χ1n) is 7.16. The van der Waals surface area contributed by atoms with E-state index in [4.69, 9.17) is 4.74 Å². The summed E-state index contributed by atoms with van der Waals surface area (Å²) in [6.45, 7) is 11.3. The van der Waals surface area contributed by atoms with Crippen LogP contribution in [0.4, 0.5) is 0 Å². The fraction of sp³-hybridized carbons (Fsp3) is 0.929. The predicted molar refractivity (Wildman–Crippen MR) is 75.7 cm³/mol. The van der Waals surface area contributed by atoms with E-state index in [9.17, 15) is 4.79 Å². The number of rotatable bonds is 11. The molecule has 108 valence electrons. The highest BCUT2D eigenvalue weighted by atomic mass is 16.5. The minimum absolute atomic E-state index is 0.0733. The molecule has 18 heavy (non-hydrogen) atoms. The summed E-state index contributed by atoms with van der Waals surface area (Å²) in [5.74, 6) is 0.699. The third-order valence-corrected chi connectivity index (χ3v) is 2.75. The number of hydrogen-bond donors (Lipinski definition) is 2. The number of nitrogens with one attached hydrogen (secondary N) is 2. The lowest BCUT2D eigenvalue weighted by Gasteiger charge is -2.14. The van der Waals surface area contributed by atoms with Gasteiger partial charge in [-0.05, 0) is 25.7 Å². The largest absolute Gasteiger partial charge is 0.380 e. The molecule has 0 radical (unpaired) electrons. The average Bonchev–Trinajstić information content (AvgIpc) is 2.32. The van der Waals surface area contributed by atoms with E-state index in [-0.39, 0.29) is 11.9 Å². The molecule has 0 rings (SSSR count). The smallest absolute Gasteiger partial charge is 0.236 e. The van der Waals surface area contributed by atoms with Crippen LogP contribution in [0.5, 0.6) is 0 Å². The Hall–Kier alpha value is -0.610. The van der Waals surface area contributed by atoms with Gasteiger partial charge >= 0.3 is 0 Å². The van der Waals surface area contributed by atoms with E-state index in [1.54, 1.807) is 0 Å². The van der Waals surface area contributed by atoms with Gasteiger partial charge in [0.25, 0.3) is 0 Å². The minimum Gasteiger partial charge on any atom is -0.380 e. The first-order chi connectivity index (χ1) is 8.57. The Balaban J connectivity index is 3.44. The molecule has 0 aromatic heterocycles. The Morgan fingerprint density at radius 1 is 1.17 bits per heavy atom. The van der Waals surface area contributed by atoms with Crippen molar-refractivity contribution in [1.29, 1.82) is 0 Å². The van der Waals surface area contributed by atoms with E-state index < -0.39 is 0 Å². The van der Waals surface area contributed by atoms with Gasteiger partial charge in [-0.3, -0.25) is 4.79 Å². The van der Waals surface area contributed by atoms with E-state index in [1.165, 1.54) is 0 Å². The molecular weight excluding hydrogens is 228 g/mol. The summed E-state index contributed by atoms with van der Waals surface area (Å²) in [6.07, 6.45) is 3.28. The van der Waals surface area contributed by atoms with Crippen LogP contribution in [-0.2, 0) is 9.53 Å². The second-order valence-corrected chi connectivity index (χ2v) is 5.12. The summed E-state index contributed by atoms with van der Waals surface area (Å²) in [7, 11) is 0. The van der Waals surface area contributed by atoms with Crippen LogP contribution in [0, 0.1) is 5.92 Å². The molecule has 0 aromatic rings. The highest BCUT2D eigenvalue weighted by molar-refractivity contribution is 5.81. The van der Waals surface area contributed by atoms with Crippen molar-refractivity contribution in [2.45, 2.75) is 53.0 Å². The van der Waals surface area contributed by atoms with Gasteiger partial charge in [-0.25, -0.2) is 0 Å². The number of carbonyl (C=O) groups is 1. The lowest BCUT2D eigenvalue weighted by atomic mass is 10.1. The summed E-state index contributed by atoms with van der Waals surface area (Å²) in [4.78, 5) is 11.7. The maximum Gasteiger partial charge on any atom is 0.236 e. The summed E-state index contributed by atoms with van der Waals surface area (Å²) >= 11 is 0. The molecule has 0 saturated carbocycles. The zero-order valence-corrected chi connectivity index (χ0v) is 12.4. The molecule has 0 aliphatic heterocycles. The quantitative estimate of drug-likeness (QED) is 0.557. The number of ether oxygens (including phenoxy) is 1. The molecule has 0 aliphatic carbocycles. The molecule has 0 bridgehead atoms. The maximum absolute atomic E-state index is 11.7. The van der Waals surface area contributed by atoms with Gasteiger partial charge in [0.05, 0.1) is 12.6 Å². The molecule has 0 fully saturated rings. The van der Waals surface area contributed by atoms with Crippen molar-refractivity contribution in [3.8, 4) is 0 Å². The molecular formula is C14H30N2O2. The van der Waals surface area contributed by atoms with Gasteiger partial charge in [0, 0.05) is 19.7 Å². The lowest BCUT2D eigenvalue weighted by molar-refractivity contribution is -0.122. The fourth-order valence-corrected chi connectivity index (χ4v) is 1.43. The summed E-state index contributed by atoms with van der Waals surface area (Å²) in [6, 6.07) is -0.146. The van der Waals surface area contributed by atoms with Gasteiger partial charge in [-0.1, -0.05) is 27.2 Å². The molecule has 0 saturated heterocycles. The summed E-state index contributed by atoms with van der Waals surface area (Å²) < 4.78 is 5.42. The van der Waals surface area contributed by atoms with Gasteiger partial charge < -0.3 is 15.4 Å². The Morgan fingerprint density at radius 3 is 2.50 bits per heavy atom. The van der Waals surface area contributed by atoms with E-state index in [2.05, 4.69) is 31.4 Å². The SMILES string of the molecule is CCCCOCCNC(C)C(=O)NCCC(C)C. The third-order valence-electron chi connectivity index (χ3n) is 2.75.